The van der Waals surface area contributed by atoms with Crippen molar-refractivity contribution >= 4 is 27.3 Å². The highest BCUT2D eigenvalue weighted by Gasteiger charge is 2.20. The second-order valence-corrected chi connectivity index (χ2v) is 9.25. The molecule has 0 amide bonds. The maximum Gasteiger partial charge on any atom is 0.241 e. The second kappa shape index (κ2) is 9.17. The Kier molecular flexibility index (Phi) is 6.41. The van der Waals surface area contributed by atoms with Crippen LogP contribution in [0.15, 0.2) is 44.7 Å². The predicted octanol–water partition coefficient (Wildman–Crippen LogP) is 4.28. The first-order valence-electron chi connectivity index (χ1n) is 9.45. The SMILES string of the molecule is CCOc1ccccc1-c1noc(CN2CCN(Cc3ccc(Br)s3)CC2)n1. The molecule has 0 spiro atoms. The molecule has 1 aliphatic rings. The number of hydrogen-bond donors (Lipinski definition) is 0. The smallest absolute Gasteiger partial charge is 0.241 e. The van der Waals surface area contributed by atoms with E-state index in [2.05, 4.69) is 48.0 Å². The molecule has 3 heterocycles. The van der Waals surface area contributed by atoms with Gasteiger partial charge in [-0.2, -0.15) is 4.98 Å². The Balaban J connectivity index is 1.33. The van der Waals surface area contributed by atoms with Crippen LogP contribution in [-0.2, 0) is 13.1 Å². The summed E-state index contributed by atoms with van der Waals surface area (Å²) in [5.74, 6) is 2.02. The topological polar surface area (TPSA) is 54.6 Å². The van der Waals surface area contributed by atoms with Gasteiger partial charge in [0.25, 0.3) is 0 Å². The molecule has 0 unspecified atom stereocenters. The van der Waals surface area contributed by atoms with E-state index in [1.165, 1.54) is 8.66 Å². The lowest BCUT2D eigenvalue weighted by molar-refractivity contribution is 0.113. The summed E-state index contributed by atoms with van der Waals surface area (Å²) in [7, 11) is 0. The molecule has 0 atom stereocenters. The molecule has 0 N–H and O–H groups in total. The largest absolute Gasteiger partial charge is 0.493 e. The van der Waals surface area contributed by atoms with Crippen LogP contribution >= 0.6 is 27.3 Å². The zero-order valence-electron chi connectivity index (χ0n) is 15.8. The maximum atomic E-state index is 5.67. The van der Waals surface area contributed by atoms with E-state index in [1.807, 2.05) is 42.5 Å². The van der Waals surface area contributed by atoms with Gasteiger partial charge in [0, 0.05) is 37.6 Å². The number of nitrogens with zero attached hydrogens (tertiary/aromatic N) is 4. The Morgan fingerprint density at radius 1 is 1.07 bits per heavy atom. The maximum absolute atomic E-state index is 5.67. The minimum atomic E-state index is 0.584. The van der Waals surface area contributed by atoms with Crippen LogP contribution in [0, 0.1) is 0 Å². The van der Waals surface area contributed by atoms with Crippen LogP contribution in [0.5, 0.6) is 5.75 Å². The molecule has 3 aromatic rings. The molecule has 1 aliphatic heterocycles. The minimum absolute atomic E-state index is 0.584. The summed E-state index contributed by atoms with van der Waals surface area (Å²) < 4.78 is 12.4. The molecule has 148 valence electrons. The highest BCUT2D eigenvalue weighted by atomic mass is 79.9. The van der Waals surface area contributed by atoms with Gasteiger partial charge >= 0.3 is 0 Å². The first-order valence-corrected chi connectivity index (χ1v) is 11.1. The number of piperazine rings is 1. The van der Waals surface area contributed by atoms with Gasteiger partial charge in [-0.3, -0.25) is 9.80 Å². The van der Waals surface area contributed by atoms with Crippen molar-refractivity contribution in [1.29, 1.82) is 0 Å². The Labute approximate surface area is 177 Å². The normalized spacial score (nSPS) is 15.8. The standard InChI is InChI=1S/C20H23BrN4O2S/c1-2-26-17-6-4-3-5-16(17)20-22-19(27-23-20)14-25-11-9-24(10-12-25)13-15-7-8-18(21)28-15/h3-8H,2,9-14H2,1H3. The molecule has 0 bridgehead atoms. The quantitative estimate of drug-likeness (QED) is 0.522. The Morgan fingerprint density at radius 2 is 1.82 bits per heavy atom. The van der Waals surface area contributed by atoms with Crippen molar-refractivity contribution in [3.63, 3.8) is 0 Å². The first-order chi connectivity index (χ1) is 13.7. The molecule has 8 heteroatoms. The Hall–Kier alpha value is -1.74. The molecule has 0 radical (unpaired) electrons. The minimum Gasteiger partial charge on any atom is -0.493 e. The van der Waals surface area contributed by atoms with Crippen molar-refractivity contribution in [2.75, 3.05) is 32.8 Å². The fraction of sp³-hybridized carbons (Fsp3) is 0.400. The summed E-state index contributed by atoms with van der Waals surface area (Å²) in [5, 5.41) is 4.16. The number of halogens is 1. The van der Waals surface area contributed by atoms with E-state index in [0.29, 0.717) is 24.9 Å². The summed E-state index contributed by atoms with van der Waals surface area (Å²) in [5.41, 5.74) is 0.867. The lowest BCUT2D eigenvalue weighted by Gasteiger charge is -2.33. The van der Waals surface area contributed by atoms with Crippen molar-refractivity contribution in [2.24, 2.45) is 0 Å². The molecule has 4 rings (SSSR count). The van der Waals surface area contributed by atoms with Gasteiger partial charge in [-0.25, -0.2) is 0 Å². The van der Waals surface area contributed by atoms with Crippen LogP contribution in [0.3, 0.4) is 0 Å². The zero-order chi connectivity index (χ0) is 19.3. The highest BCUT2D eigenvalue weighted by molar-refractivity contribution is 9.11. The van der Waals surface area contributed by atoms with Crippen molar-refractivity contribution in [1.82, 2.24) is 19.9 Å². The van der Waals surface area contributed by atoms with Crippen LogP contribution in [0.25, 0.3) is 11.4 Å². The van der Waals surface area contributed by atoms with Gasteiger partial charge in [-0.05, 0) is 47.1 Å². The van der Waals surface area contributed by atoms with E-state index < -0.39 is 0 Å². The van der Waals surface area contributed by atoms with Gasteiger partial charge in [0.05, 0.1) is 22.5 Å². The molecule has 1 fully saturated rings. The van der Waals surface area contributed by atoms with E-state index in [1.54, 1.807) is 0 Å². The van der Waals surface area contributed by atoms with Crippen molar-refractivity contribution in [2.45, 2.75) is 20.0 Å². The molecule has 0 aliphatic carbocycles. The number of para-hydroxylation sites is 1. The average molecular weight is 463 g/mol. The molecule has 1 aromatic carbocycles. The van der Waals surface area contributed by atoms with E-state index in [9.17, 15) is 0 Å². The Bertz CT molecular complexity index is 905. The van der Waals surface area contributed by atoms with E-state index in [4.69, 9.17) is 9.26 Å². The summed E-state index contributed by atoms with van der Waals surface area (Å²) in [6, 6.07) is 12.1. The van der Waals surface area contributed by atoms with Crippen LogP contribution in [0.2, 0.25) is 0 Å². The third kappa shape index (κ3) is 4.81. The van der Waals surface area contributed by atoms with Crippen LogP contribution in [-0.4, -0.2) is 52.7 Å². The van der Waals surface area contributed by atoms with Crippen molar-refractivity contribution in [3.8, 4) is 17.1 Å². The van der Waals surface area contributed by atoms with E-state index in [0.717, 1.165) is 44.0 Å². The average Bonchev–Trinajstić information content (AvgIpc) is 3.33. The van der Waals surface area contributed by atoms with Crippen molar-refractivity contribution < 1.29 is 9.26 Å². The number of aromatic nitrogens is 2. The summed E-state index contributed by atoms with van der Waals surface area (Å²) in [6.45, 7) is 8.36. The lowest BCUT2D eigenvalue weighted by Crippen LogP contribution is -2.45. The number of ether oxygens (including phenoxy) is 1. The molecule has 28 heavy (non-hydrogen) atoms. The first kappa shape index (κ1) is 19.6. The number of rotatable bonds is 7. The van der Waals surface area contributed by atoms with Gasteiger partial charge in [-0.1, -0.05) is 17.3 Å². The second-order valence-electron chi connectivity index (χ2n) is 6.70. The molecule has 0 saturated carbocycles. The molecule has 2 aromatic heterocycles. The lowest BCUT2D eigenvalue weighted by atomic mass is 10.2. The highest BCUT2D eigenvalue weighted by Crippen LogP contribution is 2.28. The van der Waals surface area contributed by atoms with E-state index in [-0.39, 0.29) is 0 Å². The fourth-order valence-corrected chi connectivity index (χ4v) is 4.84. The van der Waals surface area contributed by atoms with Gasteiger partial charge in [0.2, 0.25) is 11.7 Å². The monoisotopic (exact) mass is 462 g/mol. The van der Waals surface area contributed by atoms with Gasteiger partial charge in [0.15, 0.2) is 0 Å². The molecule has 6 nitrogen and oxygen atoms in total. The summed E-state index contributed by atoms with van der Waals surface area (Å²) in [6.07, 6.45) is 0. The van der Waals surface area contributed by atoms with E-state index >= 15 is 0 Å². The van der Waals surface area contributed by atoms with Crippen LogP contribution < -0.4 is 4.74 Å². The number of benzene rings is 1. The molecular formula is C20H23BrN4O2S. The van der Waals surface area contributed by atoms with Crippen molar-refractivity contribution in [3.05, 3.63) is 51.0 Å². The molecular weight excluding hydrogens is 440 g/mol. The third-order valence-corrected chi connectivity index (χ3v) is 6.34. The summed E-state index contributed by atoms with van der Waals surface area (Å²) in [4.78, 5) is 10.8. The molecule has 1 saturated heterocycles. The number of hydrogen-bond acceptors (Lipinski definition) is 7. The van der Waals surface area contributed by atoms with Crippen LogP contribution in [0.1, 0.15) is 17.7 Å². The van der Waals surface area contributed by atoms with Gasteiger partial charge in [-0.15, -0.1) is 11.3 Å². The third-order valence-electron chi connectivity index (χ3n) is 4.73. The van der Waals surface area contributed by atoms with Gasteiger partial charge in [0.1, 0.15) is 5.75 Å². The fourth-order valence-electron chi connectivity index (χ4n) is 3.32. The number of thiophene rings is 1. The predicted molar refractivity (Wildman–Crippen MR) is 113 cm³/mol. The van der Waals surface area contributed by atoms with Crippen LogP contribution in [0.4, 0.5) is 0 Å². The van der Waals surface area contributed by atoms with Gasteiger partial charge < -0.3 is 9.26 Å². The zero-order valence-corrected chi connectivity index (χ0v) is 18.2. The Morgan fingerprint density at radius 3 is 2.54 bits per heavy atom. The summed E-state index contributed by atoms with van der Waals surface area (Å²) >= 11 is 5.34.